The molecule has 1 unspecified atom stereocenters. The summed E-state index contributed by atoms with van der Waals surface area (Å²) in [5.41, 5.74) is 1.69. The molecule has 1 fully saturated rings. The van der Waals surface area contributed by atoms with Gasteiger partial charge in [0.1, 0.15) is 0 Å². The van der Waals surface area contributed by atoms with Crippen LogP contribution in [-0.4, -0.2) is 47.0 Å². The number of benzene rings is 1. The average Bonchev–Trinajstić information content (AvgIpc) is 2.91. The number of fused-ring (bicyclic) bond motifs is 1. The number of H-pyrrole nitrogens is 1. The summed E-state index contributed by atoms with van der Waals surface area (Å²) >= 11 is 0. The van der Waals surface area contributed by atoms with Crippen molar-refractivity contribution in [2.45, 2.75) is 19.8 Å². The number of carbonyl (C=O) groups is 1. The Labute approximate surface area is 124 Å². The van der Waals surface area contributed by atoms with Crippen molar-refractivity contribution in [3.63, 3.8) is 0 Å². The second-order valence-corrected chi connectivity index (χ2v) is 6.45. The Morgan fingerprint density at radius 1 is 1.43 bits per heavy atom. The molecule has 21 heavy (non-hydrogen) atoms. The van der Waals surface area contributed by atoms with Gasteiger partial charge in [0.15, 0.2) is 5.78 Å². The van der Waals surface area contributed by atoms with E-state index in [4.69, 9.17) is 0 Å². The van der Waals surface area contributed by atoms with E-state index < -0.39 is 0 Å². The molecule has 4 heteroatoms. The number of aromatic amines is 1. The van der Waals surface area contributed by atoms with E-state index in [9.17, 15) is 9.90 Å². The Morgan fingerprint density at radius 3 is 3.05 bits per heavy atom. The zero-order valence-electron chi connectivity index (χ0n) is 12.4. The van der Waals surface area contributed by atoms with Crippen LogP contribution in [0.25, 0.3) is 10.9 Å². The van der Waals surface area contributed by atoms with Crippen LogP contribution in [0.2, 0.25) is 0 Å². The second kappa shape index (κ2) is 5.62. The van der Waals surface area contributed by atoms with Crippen molar-refractivity contribution in [3.8, 4) is 0 Å². The van der Waals surface area contributed by atoms with Gasteiger partial charge in [0, 0.05) is 41.2 Å². The van der Waals surface area contributed by atoms with Gasteiger partial charge in [0.05, 0.1) is 6.54 Å². The van der Waals surface area contributed by atoms with Crippen molar-refractivity contribution in [3.05, 3.63) is 36.0 Å². The molecule has 0 spiro atoms. The first-order valence-electron chi connectivity index (χ1n) is 7.54. The highest BCUT2D eigenvalue weighted by Crippen LogP contribution is 2.29. The van der Waals surface area contributed by atoms with E-state index >= 15 is 0 Å². The molecule has 4 nitrogen and oxygen atoms in total. The molecule has 1 aromatic heterocycles. The number of hydrogen-bond donors (Lipinski definition) is 2. The molecule has 1 saturated heterocycles. The Hall–Kier alpha value is -1.65. The third-order valence-corrected chi connectivity index (χ3v) is 4.50. The summed E-state index contributed by atoms with van der Waals surface area (Å²) in [5.74, 6) is 0.148. The van der Waals surface area contributed by atoms with Crippen molar-refractivity contribution in [2.24, 2.45) is 5.41 Å². The zero-order chi connectivity index (χ0) is 14.9. The van der Waals surface area contributed by atoms with Gasteiger partial charge in [-0.3, -0.25) is 9.69 Å². The highest BCUT2D eigenvalue weighted by atomic mass is 16.3. The number of rotatable bonds is 4. The zero-order valence-corrected chi connectivity index (χ0v) is 12.4. The van der Waals surface area contributed by atoms with Crippen LogP contribution in [0, 0.1) is 5.41 Å². The molecule has 1 aliphatic rings. The van der Waals surface area contributed by atoms with Crippen LogP contribution >= 0.6 is 0 Å². The SMILES string of the molecule is CC1(CO)CCCN(CC(=O)c2c[nH]c3ccccc23)C1. The Kier molecular flexibility index (Phi) is 3.83. The van der Waals surface area contributed by atoms with Crippen molar-refractivity contribution < 1.29 is 9.90 Å². The fourth-order valence-corrected chi connectivity index (χ4v) is 3.28. The molecule has 112 valence electrons. The summed E-state index contributed by atoms with van der Waals surface area (Å²) in [6.07, 6.45) is 3.88. The Morgan fingerprint density at radius 2 is 2.24 bits per heavy atom. The monoisotopic (exact) mass is 286 g/mol. The van der Waals surface area contributed by atoms with Gasteiger partial charge in [-0.05, 0) is 25.5 Å². The number of aromatic nitrogens is 1. The van der Waals surface area contributed by atoms with Gasteiger partial charge in [0.25, 0.3) is 0 Å². The molecule has 0 aliphatic carbocycles. The first-order chi connectivity index (χ1) is 10.1. The maximum Gasteiger partial charge on any atom is 0.178 e. The number of Topliss-reactive ketones (excluding diaryl/α,β-unsaturated/α-hetero) is 1. The first-order valence-corrected chi connectivity index (χ1v) is 7.54. The summed E-state index contributed by atoms with van der Waals surface area (Å²) in [6.45, 7) is 4.43. The van der Waals surface area contributed by atoms with Crippen LogP contribution in [0.15, 0.2) is 30.5 Å². The topological polar surface area (TPSA) is 56.3 Å². The lowest BCUT2D eigenvalue weighted by Crippen LogP contribution is -2.45. The van der Waals surface area contributed by atoms with E-state index in [2.05, 4.69) is 16.8 Å². The number of para-hydroxylation sites is 1. The number of carbonyl (C=O) groups excluding carboxylic acids is 1. The highest BCUT2D eigenvalue weighted by Gasteiger charge is 2.31. The van der Waals surface area contributed by atoms with Gasteiger partial charge in [-0.1, -0.05) is 25.1 Å². The molecule has 3 rings (SSSR count). The van der Waals surface area contributed by atoms with Crippen molar-refractivity contribution in [1.29, 1.82) is 0 Å². The number of piperidine rings is 1. The van der Waals surface area contributed by atoms with Crippen molar-refractivity contribution >= 4 is 16.7 Å². The van der Waals surface area contributed by atoms with Crippen LogP contribution in [0.3, 0.4) is 0 Å². The number of aliphatic hydroxyl groups excluding tert-OH is 1. The van der Waals surface area contributed by atoms with Gasteiger partial charge in [-0.15, -0.1) is 0 Å². The lowest BCUT2D eigenvalue weighted by Gasteiger charge is -2.38. The van der Waals surface area contributed by atoms with E-state index in [1.807, 2.05) is 30.5 Å². The van der Waals surface area contributed by atoms with Crippen molar-refractivity contribution in [2.75, 3.05) is 26.2 Å². The molecule has 0 saturated carbocycles. The number of ketones is 1. The van der Waals surface area contributed by atoms with E-state index in [0.29, 0.717) is 6.54 Å². The molecule has 0 bridgehead atoms. The molecular weight excluding hydrogens is 264 g/mol. The van der Waals surface area contributed by atoms with Gasteiger partial charge in [-0.2, -0.15) is 0 Å². The van der Waals surface area contributed by atoms with E-state index in [1.54, 1.807) is 0 Å². The van der Waals surface area contributed by atoms with Crippen LogP contribution in [0.1, 0.15) is 30.1 Å². The quantitative estimate of drug-likeness (QED) is 0.849. The average molecular weight is 286 g/mol. The number of aliphatic hydroxyl groups is 1. The smallest absolute Gasteiger partial charge is 0.178 e. The van der Waals surface area contributed by atoms with Crippen LogP contribution < -0.4 is 0 Å². The number of likely N-dealkylation sites (tertiary alicyclic amines) is 1. The lowest BCUT2D eigenvalue weighted by atomic mass is 9.82. The fraction of sp³-hybridized carbons (Fsp3) is 0.471. The van der Waals surface area contributed by atoms with Gasteiger partial charge >= 0.3 is 0 Å². The Balaban J connectivity index is 1.74. The predicted octanol–water partition coefficient (Wildman–Crippen LogP) is 2.45. The summed E-state index contributed by atoms with van der Waals surface area (Å²) < 4.78 is 0. The highest BCUT2D eigenvalue weighted by molar-refractivity contribution is 6.08. The van der Waals surface area contributed by atoms with E-state index in [1.165, 1.54) is 0 Å². The minimum atomic E-state index is -0.0707. The summed E-state index contributed by atoms with van der Waals surface area (Å²) in [4.78, 5) is 17.9. The number of nitrogens with zero attached hydrogens (tertiary/aromatic N) is 1. The summed E-state index contributed by atoms with van der Waals surface area (Å²) in [7, 11) is 0. The molecule has 2 N–H and O–H groups in total. The number of nitrogens with one attached hydrogen (secondary N) is 1. The molecule has 1 aliphatic heterocycles. The largest absolute Gasteiger partial charge is 0.396 e. The number of hydrogen-bond acceptors (Lipinski definition) is 3. The lowest BCUT2D eigenvalue weighted by molar-refractivity contribution is 0.0446. The maximum absolute atomic E-state index is 12.6. The second-order valence-electron chi connectivity index (χ2n) is 6.45. The third kappa shape index (κ3) is 2.87. The molecule has 1 aromatic carbocycles. The molecule has 2 aromatic rings. The van der Waals surface area contributed by atoms with Crippen LogP contribution in [0.4, 0.5) is 0 Å². The van der Waals surface area contributed by atoms with E-state index in [-0.39, 0.29) is 17.8 Å². The van der Waals surface area contributed by atoms with Crippen LogP contribution in [0.5, 0.6) is 0 Å². The van der Waals surface area contributed by atoms with Crippen molar-refractivity contribution in [1.82, 2.24) is 9.88 Å². The molecular formula is C17H22N2O2. The minimum absolute atomic E-state index is 0.0707. The van der Waals surface area contributed by atoms with Gasteiger partial charge < -0.3 is 10.1 Å². The maximum atomic E-state index is 12.6. The third-order valence-electron chi connectivity index (χ3n) is 4.50. The van der Waals surface area contributed by atoms with E-state index in [0.717, 1.165) is 42.4 Å². The molecule has 0 amide bonds. The molecule has 1 atom stereocenters. The Bertz CT molecular complexity index is 649. The van der Waals surface area contributed by atoms with Crippen LogP contribution in [-0.2, 0) is 0 Å². The fourth-order valence-electron chi connectivity index (χ4n) is 3.28. The minimum Gasteiger partial charge on any atom is -0.396 e. The van der Waals surface area contributed by atoms with Gasteiger partial charge in [-0.25, -0.2) is 0 Å². The van der Waals surface area contributed by atoms with Gasteiger partial charge in [0.2, 0.25) is 0 Å². The molecule has 2 heterocycles. The standard InChI is InChI=1S/C17H22N2O2/c1-17(12-20)7-4-8-19(11-17)10-16(21)14-9-18-15-6-3-2-5-13(14)15/h2-3,5-6,9,18,20H,4,7-8,10-12H2,1H3. The summed E-state index contributed by atoms with van der Waals surface area (Å²) in [5, 5.41) is 10.5. The normalized spacial score (nSPS) is 23.5. The molecule has 0 radical (unpaired) electrons. The summed E-state index contributed by atoms with van der Waals surface area (Å²) in [6, 6.07) is 7.88. The first kappa shape index (κ1) is 14.3. The predicted molar refractivity (Wildman–Crippen MR) is 83.5 cm³/mol.